The molecule has 0 saturated carbocycles. The van der Waals surface area contributed by atoms with Crippen LogP contribution in [-0.4, -0.2) is 29.2 Å². The van der Waals surface area contributed by atoms with Gasteiger partial charge in [0.05, 0.1) is 11.3 Å². The summed E-state index contributed by atoms with van der Waals surface area (Å²) in [5, 5.41) is 18.8. The number of halogens is 3. The predicted molar refractivity (Wildman–Crippen MR) is 128 cm³/mol. The van der Waals surface area contributed by atoms with E-state index in [4.69, 9.17) is 0 Å². The van der Waals surface area contributed by atoms with Crippen molar-refractivity contribution >= 4 is 23.1 Å². The quantitative estimate of drug-likeness (QED) is 0.325. The summed E-state index contributed by atoms with van der Waals surface area (Å²) in [5.74, 6) is 0.259. The van der Waals surface area contributed by atoms with Crippen molar-refractivity contribution in [1.82, 2.24) is 9.88 Å². The van der Waals surface area contributed by atoms with Gasteiger partial charge in [0.1, 0.15) is 17.1 Å². The number of carbonyl (C=O) groups excluding carboxylic acids is 1. The SMILES string of the molecule is CNC(=O)c1c(NCC(C)(C)C)cn(Cc2ccc(C(F)(F)F)cc2)c1Nc1ccc(O)cc1. The second-order valence-electron chi connectivity index (χ2n) is 9.25. The summed E-state index contributed by atoms with van der Waals surface area (Å²) >= 11 is 0. The Morgan fingerprint density at radius 2 is 1.62 bits per heavy atom. The minimum atomic E-state index is -4.41. The standard InChI is InChI=1S/C25H29F3N4O2/c1-24(2,3)15-30-20-14-32(13-16-5-7-17(8-6-16)25(26,27)28)22(21(20)23(34)29-4)31-18-9-11-19(33)12-10-18/h5-12,14,30-31,33H,13,15H2,1-4H3,(H,29,34). The molecule has 0 radical (unpaired) electrons. The summed E-state index contributed by atoms with van der Waals surface area (Å²) in [7, 11) is 1.54. The fourth-order valence-electron chi connectivity index (χ4n) is 3.34. The first-order valence-electron chi connectivity index (χ1n) is 10.8. The molecule has 1 amide bonds. The minimum absolute atomic E-state index is 0.0555. The predicted octanol–water partition coefficient (Wildman–Crippen LogP) is 5.82. The first kappa shape index (κ1) is 25.0. The van der Waals surface area contributed by atoms with E-state index in [1.807, 2.05) is 0 Å². The molecule has 3 aromatic rings. The number of aromatic nitrogens is 1. The largest absolute Gasteiger partial charge is 0.508 e. The maximum atomic E-state index is 13.0. The number of aromatic hydroxyl groups is 1. The number of amides is 1. The van der Waals surface area contributed by atoms with Crippen molar-refractivity contribution in [3.8, 4) is 5.75 Å². The molecule has 0 aliphatic carbocycles. The second kappa shape index (κ2) is 9.70. The van der Waals surface area contributed by atoms with E-state index in [1.165, 1.54) is 31.3 Å². The Morgan fingerprint density at radius 1 is 1.00 bits per heavy atom. The molecule has 0 aliphatic heterocycles. The van der Waals surface area contributed by atoms with Crippen molar-refractivity contribution in [1.29, 1.82) is 0 Å². The third kappa shape index (κ3) is 6.24. The van der Waals surface area contributed by atoms with Crippen molar-refractivity contribution in [3.63, 3.8) is 0 Å². The van der Waals surface area contributed by atoms with Gasteiger partial charge in [0.25, 0.3) is 5.91 Å². The van der Waals surface area contributed by atoms with E-state index in [-0.39, 0.29) is 23.6 Å². The molecule has 0 unspecified atom stereocenters. The van der Waals surface area contributed by atoms with Crippen molar-refractivity contribution in [2.75, 3.05) is 24.2 Å². The average Bonchev–Trinajstić information content (AvgIpc) is 3.09. The van der Waals surface area contributed by atoms with E-state index >= 15 is 0 Å². The number of nitrogens with one attached hydrogen (secondary N) is 3. The van der Waals surface area contributed by atoms with E-state index in [9.17, 15) is 23.1 Å². The molecule has 1 heterocycles. The van der Waals surface area contributed by atoms with Crippen LogP contribution >= 0.6 is 0 Å². The van der Waals surface area contributed by atoms with Crippen LogP contribution in [0.3, 0.4) is 0 Å². The van der Waals surface area contributed by atoms with E-state index in [1.54, 1.807) is 22.9 Å². The molecule has 6 nitrogen and oxygen atoms in total. The smallest absolute Gasteiger partial charge is 0.416 e. The molecule has 0 fully saturated rings. The van der Waals surface area contributed by atoms with Crippen molar-refractivity contribution in [2.45, 2.75) is 33.5 Å². The zero-order valence-corrected chi connectivity index (χ0v) is 19.5. The molecule has 1 aromatic heterocycles. The van der Waals surface area contributed by atoms with Crippen LogP contribution in [0, 0.1) is 5.41 Å². The van der Waals surface area contributed by atoms with Gasteiger partial charge in [0.15, 0.2) is 0 Å². The number of alkyl halides is 3. The van der Waals surface area contributed by atoms with Gasteiger partial charge in [-0.05, 0) is 47.4 Å². The number of anilines is 3. The molecule has 0 aliphatic rings. The van der Waals surface area contributed by atoms with E-state index in [2.05, 4.69) is 36.7 Å². The Balaban J connectivity index is 2.05. The van der Waals surface area contributed by atoms with Gasteiger partial charge < -0.3 is 25.6 Å². The van der Waals surface area contributed by atoms with Crippen LogP contribution < -0.4 is 16.0 Å². The van der Waals surface area contributed by atoms with E-state index in [0.29, 0.717) is 34.9 Å². The lowest BCUT2D eigenvalue weighted by molar-refractivity contribution is -0.137. The zero-order chi connectivity index (χ0) is 25.1. The van der Waals surface area contributed by atoms with E-state index in [0.717, 1.165) is 12.1 Å². The fraction of sp³-hybridized carbons (Fsp3) is 0.320. The molecule has 182 valence electrons. The van der Waals surface area contributed by atoms with Crippen LogP contribution in [0.4, 0.5) is 30.4 Å². The maximum Gasteiger partial charge on any atom is 0.416 e. The van der Waals surface area contributed by atoms with Gasteiger partial charge in [0.2, 0.25) is 0 Å². The average molecular weight is 475 g/mol. The highest BCUT2D eigenvalue weighted by atomic mass is 19.4. The molecule has 0 atom stereocenters. The van der Waals surface area contributed by atoms with Crippen LogP contribution in [0.15, 0.2) is 54.7 Å². The van der Waals surface area contributed by atoms with Gasteiger partial charge in [-0.3, -0.25) is 4.79 Å². The molecule has 2 aromatic carbocycles. The molecule has 9 heteroatoms. The number of carbonyl (C=O) groups is 1. The Hall–Kier alpha value is -3.62. The highest BCUT2D eigenvalue weighted by Crippen LogP contribution is 2.33. The summed E-state index contributed by atoms with van der Waals surface area (Å²) in [5.41, 5.74) is 1.48. The lowest BCUT2D eigenvalue weighted by Crippen LogP contribution is -2.23. The third-order valence-corrected chi connectivity index (χ3v) is 5.11. The molecule has 0 bridgehead atoms. The highest BCUT2D eigenvalue weighted by molar-refractivity contribution is 6.05. The molecule has 0 spiro atoms. The second-order valence-corrected chi connectivity index (χ2v) is 9.25. The molecular formula is C25H29F3N4O2. The number of phenols is 1. The Labute approximate surface area is 196 Å². The van der Waals surface area contributed by atoms with Gasteiger partial charge in [-0.15, -0.1) is 0 Å². The van der Waals surface area contributed by atoms with Gasteiger partial charge >= 0.3 is 6.18 Å². The number of phenolic OH excluding ortho intramolecular Hbond substituents is 1. The van der Waals surface area contributed by atoms with Gasteiger partial charge in [-0.1, -0.05) is 32.9 Å². The number of rotatable bonds is 7. The lowest BCUT2D eigenvalue weighted by Gasteiger charge is -2.19. The summed E-state index contributed by atoms with van der Waals surface area (Å²) in [6.45, 7) is 7.02. The minimum Gasteiger partial charge on any atom is -0.508 e. The summed E-state index contributed by atoms with van der Waals surface area (Å²) in [6, 6.07) is 11.3. The van der Waals surface area contributed by atoms with Crippen molar-refractivity contribution in [3.05, 3.63) is 71.4 Å². The first-order valence-corrected chi connectivity index (χ1v) is 10.8. The molecule has 34 heavy (non-hydrogen) atoms. The molecule has 4 N–H and O–H groups in total. The molecule has 3 rings (SSSR count). The highest BCUT2D eigenvalue weighted by Gasteiger charge is 2.30. The summed E-state index contributed by atoms with van der Waals surface area (Å²) < 4.78 is 40.7. The normalized spacial score (nSPS) is 11.9. The van der Waals surface area contributed by atoms with Gasteiger partial charge in [0, 0.05) is 32.0 Å². The Kier molecular flexibility index (Phi) is 7.14. The Bertz CT molecular complexity index is 1130. The maximum absolute atomic E-state index is 13.0. The Morgan fingerprint density at radius 3 is 2.15 bits per heavy atom. The van der Waals surface area contributed by atoms with E-state index < -0.39 is 11.7 Å². The van der Waals surface area contributed by atoms with Gasteiger partial charge in [-0.25, -0.2) is 0 Å². The summed E-state index contributed by atoms with van der Waals surface area (Å²) in [6.07, 6.45) is -2.63. The molecular weight excluding hydrogens is 445 g/mol. The number of hydrogen-bond acceptors (Lipinski definition) is 4. The monoisotopic (exact) mass is 474 g/mol. The zero-order valence-electron chi connectivity index (χ0n) is 19.5. The fourth-order valence-corrected chi connectivity index (χ4v) is 3.34. The van der Waals surface area contributed by atoms with Crippen molar-refractivity contribution in [2.24, 2.45) is 5.41 Å². The topological polar surface area (TPSA) is 78.3 Å². The molecule has 0 saturated heterocycles. The van der Waals surface area contributed by atoms with Crippen LogP contribution in [0.1, 0.15) is 42.3 Å². The number of benzene rings is 2. The lowest BCUT2D eigenvalue weighted by atomic mass is 9.97. The van der Waals surface area contributed by atoms with Crippen LogP contribution in [0.5, 0.6) is 5.75 Å². The van der Waals surface area contributed by atoms with Crippen LogP contribution in [-0.2, 0) is 12.7 Å². The number of nitrogens with zero attached hydrogens (tertiary/aromatic N) is 1. The van der Waals surface area contributed by atoms with Crippen LogP contribution in [0.25, 0.3) is 0 Å². The first-order chi connectivity index (χ1) is 15.9. The summed E-state index contributed by atoms with van der Waals surface area (Å²) in [4.78, 5) is 12.9. The third-order valence-electron chi connectivity index (χ3n) is 5.11. The van der Waals surface area contributed by atoms with Gasteiger partial charge in [-0.2, -0.15) is 13.2 Å². The van der Waals surface area contributed by atoms with Crippen LogP contribution in [0.2, 0.25) is 0 Å². The number of hydrogen-bond donors (Lipinski definition) is 4. The van der Waals surface area contributed by atoms with Crippen molar-refractivity contribution < 1.29 is 23.1 Å².